The first kappa shape index (κ1) is 16.1. The van der Waals surface area contributed by atoms with E-state index in [0.29, 0.717) is 25.4 Å². The molecule has 2 aromatic heterocycles. The summed E-state index contributed by atoms with van der Waals surface area (Å²) in [7, 11) is 0. The van der Waals surface area contributed by atoms with Crippen LogP contribution in [0.5, 0.6) is 11.5 Å². The van der Waals surface area contributed by atoms with Gasteiger partial charge in [-0.2, -0.15) is 5.10 Å². The van der Waals surface area contributed by atoms with Crippen molar-refractivity contribution in [3.63, 3.8) is 0 Å². The van der Waals surface area contributed by atoms with Gasteiger partial charge in [0.2, 0.25) is 5.91 Å². The first-order valence-electron chi connectivity index (χ1n) is 8.20. The monoisotopic (exact) mass is 351 g/mol. The maximum atomic E-state index is 12.6. The SMILES string of the molecule is O=C(Cn1cncn1)N1CCOc2c(O)cc(-c3cccnc3)cc2C1. The fourth-order valence-corrected chi connectivity index (χ4v) is 2.96. The predicted molar refractivity (Wildman–Crippen MR) is 92.3 cm³/mol. The number of fused-ring (bicyclic) bond motifs is 1. The highest BCUT2D eigenvalue weighted by molar-refractivity contribution is 5.76. The van der Waals surface area contributed by atoms with E-state index in [2.05, 4.69) is 15.1 Å². The normalized spacial score (nSPS) is 13.6. The van der Waals surface area contributed by atoms with Crippen LogP contribution < -0.4 is 4.74 Å². The second kappa shape index (κ2) is 6.83. The summed E-state index contributed by atoms with van der Waals surface area (Å²) in [5.41, 5.74) is 2.46. The first-order valence-corrected chi connectivity index (χ1v) is 8.20. The Kier molecular flexibility index (Phi) is 4.22. The molecule has 0 unspecified atom stereocenters. The van der Waals surface area contributed by atoms with Crippen LogP contribution >= 0.6 is 0 Å². The Morgan fingerprint density at radius 1 is 1.27 bits per heavy atom. The molecular formula is C18H17N5O3. The van der Waals surface area contributed by atoms with Crippen molar-refractivity contribution >= 4 is 5.91 Å². The van der Waals surface area contributed by atoms with Crippen molar-refractivity contribution in [3.05, 3.63) is 54.9 Å². The number of rotatable bonds is 3. The average molecular weight is 351 g/mol. The highest BCUT2D eigenvalue weighted by Crippen LogP contribution is 2.37. The summed E-state index contributed by atoms with van der Waals surface area (Å²) >= 11 is 0. The molecule has 8 nitrogen and oxygen atoms in total. The van der Waals surface area contributed by atoms with E-state index in [4.69, 9.17) is 4.74 Å². The fourth-order valence-electron chi connectivity index (χ4n) is 2.96. The van der Waals surface area contributed by atoms with Crippen molar-refractivity contribution in [2.24, 2.45) is 0 Å². The summed E-state index contributed by atoms with van der Waals surface area (Å²) in [5.74, 6) is 0.402. The van der Waals surface area contributed by atoms with E-state index in [0.717, 1.165) is 16.7 Å². The van der Waals surface area contributed by atoms with Gasteiger partial charge in [0.1, 0.15) is 25.8 Å². The molecule has 1 aliphatic rings. The van der Waals surface area contributed by atoms with Gasteiger partial charge in [0.05, 0.1) is 6.54 Å². The van der Waals surface area contributed by atoms with Gasteiger partial charge in [-0.25, -0.2) is 9.67 Å². The molecule has 3 heterocycles. The number of pyridine rings is 1. The quantitative estimate of drug-likeness (QED) is 0.768. The Balaban J connectivity index is 1.62. The number of carbonyl (C=O) groups is 1. The topological polar surface area (TPSA) is 93.4 Å². The van der Waals surface area contributed by atoms with E-state index in [1.807, 2.05) is 18.2 Å². The molecule has 1 aliphatic heterocycles. The summed E-state index contributed by atoms with van der Waals surface area (Å²) in [4.78, 5) is 22.2. The largest absolute Gasteiger partial charge is 0.504 e. The zero-order chi connectivity index (χ0) is 17.9. The second-order valence-electron chi connectivity index (χ2n) is 5.98. The van der Waals surface area contributed by atoms with Crippen LogP contribution in [0.15, 0.2) is 49.3 Å². The molecule has 1 amide bonds. The van der Waals surface area contributed by atoms with E-state index in [1.165, 1.54) is 17.3 Å². The van der Waals surface area contributed by atoms with Gasteiger partial charge in [-0.15, -0.1) is 0 Å². The number of carbonyl (C=O) groups excluding carboxylic acids is 1. The van der Waals surface area contributed by atoms with Gasteiger partial charge in [-0.3, -0.25) is 9.78 Å². The zero-order valence-corrected chi connectivity index (χ0v) is 13.9. The molecule has 1 aromatic carbocycles. The molecule has 4 rings (SSSR count). The highest BCUT2D eigenvalue weighted by Gasteiger charge is 2.23. The van der Waals surface area contributed by atoms with Crippen LogP contribution in [0, 0.1) is 0 Å². The molecule has 0 bridgehead atoms. The van der Waals surface area contributed by atoms with Crippen LogP contribution in [-0.2, 0) is 17.9 Å². The number of amides is 1. The van der Waals surface area contributed by atoms with Crippen molar-refractivity contribution in [1.29, 1.82) is 0 Å². The summed E-state index contributed by atoms with van der Waals surface area (Å²) in [6, 6.07) is 7.33. The van der Waals surface area contributed by atoms with E-state index < -0.39 is 0 Å². The lowest BCUT2D eigenvalue weighted by Crippen LogP contribution is -2.35. The van der Waals surface area contributed by atoms with Crippen LogP contribution in [0.25, 0.3) is 11.1 Å². The van der Waals surface area contributed by atoms with Crippen LogP contribution in [0.3, 0.4) is 0 Å². The number of aromatic hydroxyl groups is 1. The van der Waals surface area contributed by atoms with Gasteiger partial charge in [0.25, 0.3) is 0 Å². The minimum Gasteiger partial charge on any atom is -0.504 e. The molecule has 0 saturated carbocycles. The first-order chi connectivity index (χ1) is 12.7. The van der Waals surface area contributed by atoms with E-state index in [1.54, 1.807) is 23.4 Å². The van der Waals surface area contributed by atoms with Crippen molar-refractivity contribution in [2.75, 3.05) is 13.2 Å². The van der Waals surface area contributed by atoms with Crippen molar-refractivity contribution in [2.45, 2.75) is 13.1 Å². The lowest BCUT2D eigenvalue weighted by atomic mass is 10.0. The number of phenolic OH excluding ortho intramolecular Hbond substituents is 1. The number of nitrogens with zero attached hydrogens (tertiary/aromatic N) is 5. The van der Waals surface area contributed by atoms with Crippen molar-refractivity contribution in [3.8, 4) is 22.6 Å². The van der Waals surface area contributed by atoms with Gasteiger partial charge in [0.15, 0.2) is 11.5 Å². The Bertz CT molecular complexity index is 912. The van der Waals surface area contributed by atoms with Crippen molar-refractivity contribution < 1.29 is 14.6 Å². The molecule has 132 valence electrons. The Morgan fingerprint density at radius 2 is 2.19 bits per heavy atom. The van der Waals surface area contributed by atoms with Crippen LogP contribution in [-0.4, -0.2) is 48.8 Å². The van der Waals surface area contributed by atoms with Crippen LogP contribution in [0.2, 0.25) is 0 Å². The van der Waals surface area contributed by atoms with Gasteiger partial charge in [-0.1, -0.05) is 6.07 Å². The third kappa shape index (κ3) is 3.21. The van der Waals surface area contributed by atoms with Crippen LogP contribution in [0.4, 0.5) is 0 Å². The minimum atomic E-state index is -0.0850. The van der Waals surface area contributed by atoms with E-state index in [9.17, 15) is 9.90 Å². The highest BCUT2D eigenvalue weighted by atomic mass is 16.5. The number of hydrogen-bond donors (Lipinski definition) is 1. The summed E-state index contributed by atoms with van der Waals surface area (Å²) < 4.78 is 7.18. The standard InChI is InChI=1S/C18H17N5O3/c24-16-7-14(13-2-1-3-19-8-13)6-15-9-22(4-5-26-18(15)16)17(25)10-23-12-20-11-21-23/h1-3,6-8,11-12,24H,4-5,9-10H2. The third-order valence-corrected chi connectivity index (χ3v) is 4.23. The van der Waals surface area contributed by atoms with Crippen molar-refractivity contribution in [1.82, 2.24) is 24.6 Å². The Hall–Kier alpha value is -3.42. The minimum absolute atomic E-state index is 0.0620. The summed E-state index contributed by atoms with van der Waals surface area (Å²) in [6.07, 6.45) is 6.33. The zero-order valence-electron chi connectivity index (χ0n) is 13.9. The molecule has 26 heavy (non-hydrogen) atoms. The molecule has 1 N–H and O–H groups in total. The number of hydrogen-bond acceptors (Lipinski definition) is 6. The molecule has 0 radical (unpaired) electrons. The van der Waals surface area contributed by atoms with Gasteiger partial charge in [0, 0.05) is 30.1 Å². The Morgan fingerprint density at radius 3 is 2.96 bits per heavy atom. The van der Waals surface area contributed by atoms with Crippen LogP contribution in [0.1, 0.15) is 5.56 Å². The molecular weight excluding hydrogens is 334 g/mol. The molecule has 0 atom stereocenters. The Labute approximate surface area is 149 Å². The lowest BCUT2D eigenvalue weighted by Gasteiger charge is -2.20. The second-order valence-corrected chi connectivity index (χ2v) is 5.98. The maximum absolute atomic E-state index is 12.6. The van der Waals surface area contributed by atoms with Gasteiger partial charge >= 0.3 is 0 Å². The number of benzene rings is 1. The van der Waals surface area contributed by atoms with E-state index >= 15 is 0 Å². The lowest BCUT2D eigenvalue weighted by molar-refractivity contribution is -0.132. The van der Waals surface area contributed by atoms with Gasteiger partial charge in [-0.05, 0) is 23.8 Å². The third-order valence-electron chi connectivity index (χ3n) is 4.23. The number of phenols is 1. The summed E-state index contributed by atoms with van der Waals surface area (Å²) in [5, 5.41) is 14.4. The molecule has 3 aromatic rings. The molecule has 0 fully saturated rings. The number of ether oxygens (including phenoxy) is 1. The molecule has 0 spiro atoms. The predicted octanol–water partition coefficient (Wildman–Crippen LogP) is 1.47. The van der Waals surface area contributed by atoms with Gasteiger partial charge < -0.3 is 14.7 Å². The fraction of sp³-hybridized carbons (Fsp3) is 0.222. The summed E-state index contributed by atoms with van der Waals surface area (Å²) in [6.45, 7) is 1.22. The maximum Gasteiger partial charge on any atom is 0.244 e. The smallest absolute Gasteiger partial charge is 0.244 e. The van der Waals surface area contributed by atoms with E-state index in [-0.39, 0.29) is 18.2 Å². The molecule has 0 saturated heterocycles. The molecule has 0 aliphatic carbocycles. The molecule has 8 heteroatoms. The average Bonchev–Trinajstić information content (AvgIpc) is 3.06. The number of aromatic nitrogens is 4.